The van der Waals surface area contributed by atoms with Crippen molar-refractivity contribution >= 4 is 6.03 Å². The Morgan fingerprint density at radius 2 is 1.81 bits per heavy atom. The molecule has 5 nitrogen and oxygen atoms in total. The van der Waals surface area contributed by atoms with Crippen molar-refractivity contribution in [3.05, 3.63) is 11.8 Å². The van der Waals surface area contributed by atoms with E-state index in [2.05, 4.69) is 5.32 Å². The Kier molecular flexibility index (Phi) is 7.58. The Morgan fingerprint density at radius 1 is 1.31 bits per heavy atom. The zero-order valence-corrected chi connectivity index (χ0v) is 10.2. The molecular formula is C11H22N2O3. The minimum absolute atomic E-state index is 0.111. The van der Waals surface area contributed by atoms with Crippen molar-refractivity contribution in [1.29, 1.82) is 0 Å². The van der Waals surface area contributed by atoms with Crippen LogP contribution in [0.3, 0.4) is 0 Å². The SMILES string of the molecule is C/C(=C\NC(=O)N(CCO)CCO)C(C)C. The molecule has 0 aliphatic carbocycles. The number of rotatable bonds is 6. The maximum atomic E-state index is 11.6. The van der Waals surface area contributed by atoms with Gasteiger partial charge in [0.05, 0.1) is 13.2 Å². The highest BCUT2D eigenvalue weighted by molar-refractivity contribution is 5.75. The summed E-state index contributed by atoms with van der Waals surface area (Å²) in [6.07, 6.45) is 1.66. The maximum Gasteiger partial charge on any atom is 0.321 e. The molecule has 0 bridgehead atoms. The van der Waals surface area contributed by atoms with E-state index in [4.69, 9.17) is 10.2 Å². The van der Waals surface area contributed by atoms with Crippen LogP contribution in [0.1, 0.15) is 20.8 Å². The summed E-state index contributed by atoms with van der Waals surface area (Å²) in [5.74, 6) is 0.379. The number of nitrogens with zero attached hydrogens (tertiary/aromatic N) is 1. The summed E-state index contributed by atoms with van der Waals surface area (Å²) in [6, 6.07) is -0.303. The van der Waals surface area contributed by atoms with Crippen LogP contribution in [0.25, 0.3) is 0 Å². The second-order valence-electron chi connectivity index (χ2n) is 3.93. The van der Waals surface area contributed by atoms with E-state index in [1.807, 2.05) is 20.8 Å². The largest absolute Gasteiger partial charge is 0.395 e. The summed E-state index contributed by atoms with van der Waals surface area (Å²) in [7, 11) is 0. The van der Waals surface area contributed by atoms with E-state index in [0.717, 1.165) is 5.57 Å². The molecule has 3 N–H and O–H groups in total. The molecule has 0 radical (unpaired) electrons. The molecule has 0 heterocycles. The van der Waals surface area contributed by atoms with E-state index < -0.39 is 0 Å². The summed E-state index contributed by atoms with van der Waals surface area (Å²) >= 11 is 0. The van der Waals surface area contributed by atoms with Crippen LogP contribution in [0.4, 0.5) is 4.79 Å². The van der Waals surface area contributed by atoms with Crippen molar-refractivity contribution in [2.24, 2.45) is 5.92 Å². The topological polar surface area (TPSA) is 72.8 Å². The number of aliphatic hydroxyl groups is 2. The first-order valence-corrected chi connectivity index (χ1v) is 5.46. The number of urea groups is 1. The Balaban J connectivity index is 4.24. The molecule has 5 heteroatoms. The van der Waals surface area contributed by atoms with Gasteiger partial charge < -0.3 is 20.4 Å². The van der Waals surface area contributed by atoms with Crippen LogP contribution in [-0.2, 0) is 0 Å². The van der Waals surface area contributed by atoms with E-state index in [-0.39, 0.29) is 32.3 Å². The highest BCUT2D eigenvalue weighted by Gasteiger charge is 2.10. The van der Waals surface area contributed by atoms with Gasteiger partial charge in [0, 0.05) is 19.3 Å². The molecule has 0 fully saturated rings. The Morgan fingerprint density at radius 3 is 2.19 bits per heavy atom. The van der Waals surface area contributed by atoms with Crippen LogP contribution in [-0.4, -0.2) is 47.4 Å². The third-order valence-electron chi connectivity index (χ3n) is 2.36. The molecule has 0 spiro atoms. The average Bonchev–Trinajstić information content (AvgIpc) is 2.24. The first-order chi connectivity index (χ1) is 7.52. The molecule has 0 aromatic heterocycles. The van der Waals surface area contributed by atoms with Gasteiger partial charge in [-0.15, -0.1) is 0 Å². The first-order valence-electron chi connectivity index (χ1n) is 5.46. The summed E-state index contributed by atoms with van der Waals surface area (Å²) in [5, 5.41) is 20.2. The zero-order chi connectivity index (χ0) is 12.6. The predicted octanol–water partition coefficient (Wildman–Crippen LogP) is 0.542. The number of hydrogen-bond donors (Lipinski definition) is 3. The smallest absolute Gasteiger partial charge is 0.321 e. The normalized spacial score (nSPS) is 11.8. The lowest BCUT2D eigenvalue weighted by atomic mass is 10.1. The van der Waals surface area contributed by atoms with Crippen LogP contribution in [0, 0.1) is 5.92 Å². The molecule has 0 unspecified atom stereocenters. The highest BCUT2D eigenvalue weighted by Crippen LogP contribution is 2.05. The van der Waals surface area contributed by atoms with Crippen molar-refractivity contribution in [2.45, 2.75) is 20.8 Å². The van der Waals surface area contributed by atoms with Crippen molar-refractivity contribution in [2.75, 3.05) is 26.3 Å². The number of allylic oxidation sites excluding steroid dienone is 1. The molecule has 0 aliphatic rings. The molecule has 16 heavy (non-hydrogen) atoms. The van der Waals surface area contributed by atoms with Gasteiger partial charge in [-0.05, 0) is 12.8 Å². The molecule has 0 aromatic rings. The van der Waals surface area contributed by atoms with Gasteiger partial charge in [0.15, 0.2) is 0 Å². The molecule has 0 rings (SSSR count). The third-order valence-corrected chi connectivity index (χ3v) is 2.36. The number of carbonyl (C=O) groups is 1. The van der Waals surface area contributed by atoms with E-state index in [1.165, 1.54) is 4.90 Å². The molecule has 94 valence electrons. The molecule has 0 saturated carbocycles. The number of nitrogens with one attached hydrogen (secondary N) is 1. The molecule has 2 amide bonds. The molecule has 0 atom stereocenters. The monoisotopic (exact) mass is 230 g/mol. The van der Waals surface area contributed by atoms with Gasteiger partial charge in [0.1, 0.15) is 0 Å². The highest BCUT2D eigenvalue weighted by atomic mass is 16.3. The standard InChI is InChI=1S/C11H22N2O3/c1-9(2)10(3)8-12-11(16)13(4-6-14)5-7-15/h8-9,14-15H,4-7H2,1-3H3,(H,12,16)/b10-8+. The van der Waals surface area contributed by atoms with Gasteiger partial charge in [-0.25, -0.2) is 4.79 Å². The van der Waals surface area contributed by atoms with Crippen LogP contribution in [0.15, 0.2) is 11.8 Å². The second kappa shape index (κ2) is 8.13. The van der Waals surface area contributed by atoms with Gasteiger partial charge >= 0.3 is 6.03 Å². The van der Waals surface area contributed by atoms with Gasteiger partial charge in [0.2, 0.25) is 0 Å². The van der Waals surface area contributed by atoms with Crippen molar-refractivity contribution in [3.8, 4) is 0 Å². The van der Waals surface area contributed by atoms with Gasteiger partial charge in [-0.2, -0.15) is 0 Å². The lowest BCUT2D eigenvalue weighted by molar-refractivity contribution is 0.161. The molecular weight excluding hydrogens is 208 g/mol. The number of hydrogen-bond acceptors (Lipinski definition) is 3. The molecule has 0 saturated heterocycles. The Bertz CT molecular complexity index is 233. The fraction of sp³-hybridized carbons (Fsp3) is 0.727. The minimum Gasteiger partial charge on any atom is -0.395 e. The van der Waals surface area contributed by atoms with E-state index in [0.29, 0.717) is 5.92 Å². The fourth-order valence-corrected chi connectivity index (χ4v) is 0.990. The van der Waals surface area contributed by atoms with Crippen molar-refractivity contribution in [1.82, 2.24) is 10.2 Å². The average molecular weight is 230 g/mol. The number of aliphatic hydroxyl groups excluding tert-OH is 2. The van der Waals surface area contributed by atoms with Gasteiger partial charge in [-0.3, -0.25) is 0 Å². The number of carbonyl (C=O) groups excluding carboxylic acids is 1. The second-order valence-corrected chi connectivity index (χ2v) is 3.93. The minimum atomic E-state index is -0.303. The van der Waals surface area contributed by atoms with Crippen LogP contribution in [0.2, 0.25) is 0 Å². The van der Waals surface area contributed by atoms with E-state index >= 15 is 0 Å². The quantitative estimate of drug-likeness (QED) is 0.623. The van der Waals surface area contributed by atoms with E-state index in [1.54, 1.807) is 6.20 Å². The van der Waals surface area contributed by atoms with Crippen LogP contribution < -0.4 is 5.32 Å². The summed E-state index contributed by atoms with van der Waals surface area (Å²) in [6.45, 7) is 6.24. The summed E-state index contributed by atoms with van der Waals surface area (Å²) in [5.41, 5.74) is 1.07. The number of amides is 2. The summed E-state index contributed by atoms with van der Waals surface area (Å²) < 4.78 is 0. The fourth-order valence-electron chi connectivity index (χ4n) is 0.990. The lowest BCUT2D eigenvalue weighted by Crippen LogP contribution is -2.41. The lowest BCUT2D eigenvalue weighted by Gasteiger charge is -2.20. The van der Waals surface area contributed by atoms with Crippen molar-refractivity contribution < 1.29 is 15.0 Å². The third kappa shape index (κ3) is 5.72. The van der Waals surface area contributed by atoms with Crippen molar-refractivity contribution in [3.63, 3.8) is 0 Å². The molecule has 0 aromatic carbocycles. The summed E-state index contributed by atoms with van der Waals surface area (Å²) in [4.78, 5) is 13.0. The first kappa shape index (κ1) is 14.9. The predicted molar refractivity (Wildman–Crippen MR) is 62.9 cm³/mol. The van der Waals surface area contributed by atoms with Gasteiger partial charge in [0.25, 0.3) is 0 Å². The Hall–Kier alpha value is -1.07. The maximum absolute atomic E-state index is 11.6. The zero-order valence-electron chi connectivity index (χ0n) is 10.2. The Labute approximate surface area is 96.8 Å². The van der Waals surface area contributed by atoms with Crippen LogP contribution >= 0.6 is 0 Å². The van der Waals surface area contributed by atoms with Gasteiger partial charge in [-0.1, -0.05) is 19.4 Å². The van der Waals surface area contributed by atoms with E-state index in [9.17, 15) is 4.79 Å². The van der Waals surface area contributed by atoms with Crippen LogP contribution in [0.5, 0.6) is 0 Å². The molecule has 0 aliphatic heterocycles.